The predicted octanol–water partition coefficient (Wildman–Crippen LogP) is 1.35. The van der Waals surface area contributed by atoms with Gasteiger partial charge in [-0.2, -0.15) is 0 Å². The number of benzene rings is 1. The summed E-state index contributed by atoms with van der Waals surface area (Å²) in [6, 6.07) is 4.64. The van der Waals surface area contributed by atoms with Crippen molar-refractivity contribution in [2.75, 3.05) is 5.73 Å². The number of rotatable bonds is 4. The molecule has 0 fully saturated rings. The minimum atomic E-state index is -3.61. The first-order valence-electron chi connectivity index (χ1n) is 5.66. The smallest absolute Gasteiger partial charge is 0.241 e. The maximum absolute atomic E-state index is 12.1. The molecule has 0 amide bonds. The van der Waals surface area contributed by atoms with Gasteiger partial charge in [-0.1, -0.05) is 5.16 Å². The molecule has 0 aliphatic rings. The number of nitrogens with one attached hydrogen (secondary N) is 1. The Hall–Kier alpha value is -1.86. The molecule has 0 aliphatic carbocycles. The summed E-state index contributed by atoms with van der Waals surface area (Å²) in [5.74, 6) is 0. The second-order valence-corrected chi connectivity index (χ2v) is 6.04. The van der Waals surface area contributed by atoms with Gasteiger partial charge >= 0.3 is 0 Å². The third-order valence-electron chi connectivity index (χ3n) is 2.93. The van der Waals surface area contributed by atoms with E-state index < -0.39 is 10.0 Å². The number of nitrogens with two attached hydrogens (primary N) is 1. The third-order valence-corrected chi connectivity index (χ3v) is 4.31. The van der Waals surface area contributed by atoms with Crippen LogP contribution >= 0.6 is 0 Å². The number of aromatic nitrogens is 1. The lowest BCUT2D eigenvalue weighted by atomic mass is 10.1. The first kappa shape index (κ1) is 13.6. The standard InChI is InChI=1S/C12H15N3O3S/c1-8-5-11(6-12(13)9(8)2)19(16,17)14-7-10-3-4-18-15-10/h3-6,14H,7,13H2,1-2H3. The molecule has 0 saturated heterocycles. The van der Waals surface area contributed by atoms with Gasteiger partial charge in [0.1, 0.15) is 6.26 Å². The molecule has 2 aromatic rings. The molecule has 19 heavy (non-hydrogen) atoms. The lowest BCUT2D eigenvalue weighted by Crippen LogP contribution is -2.23. The van der Waals surface area contributed by atoms with Gasteiger partial charge in [0.25, 0.3) is 0 Å². The quantitative estimate of drug-likeness (QED) is 0.824. The van der Waals surface area contributed by atoms with Crippen molar-refractivity contribution >= 4 is 15.7 Å². The molecular formula is C12H15N3O3S. The maximum Gasteiger partial charge on any atom is 0.241 e. The highest BCUT2D eigenvalue weighted by molar-refractivity contribution is 7.89. The molecule has 0 saturated carbocycles. The number of hydrogen-bond donors (Lipinski definition) is 2. The molecule has 102 valence electrons. The zero-order valence-corrected chi connectivity index (χ0v) is 11.5. The molecule has 0 unspecified atom stereocenters. The Labute approximate surface area is 111 Å². The summed E-state index contributed by atoms with van der Waals surface area (Å²) in [5, 5.41) is 3.64. The van der Waals surface area contributed by atoms with Crippen molar-refractivity contribution in [3.05, 3.63) is 41.3 Å². The zero-order valence-electron chi connectivity index (χ0n) is 10.7. The Morgan fingerprint density at radius 2 is 2.11 bits per heavy atom. The highest BCUT2D eigenvalue weighted by Gasteiger charge is 2.16. The molecule has 0 atom stereocenters. The molecular weight excluding hydrogens is 266 g/mol. The highest BCUT2D eigenvalue weighted by Crippen LogP contribution is 2.21. The van der Waals surface area contributed by atoms with Gasteiger partial charge in [0.05, 0.1) is 17.1 Å². The molecule has 1 heterocycles. The average Bonchev–Trinajstić information content (AvgIpc) is 2.86. The van der Waals surface area contributed by atoms with E-state index in [0.717, 1.165) is 11.1 Å². The zero-order chi connectivity index (χ0) is 14.0. The molecule has 1 aromatic carbocycles. The van der Waals surface area contributed by atoms with Crippen molar-refractivity contribution in [3.63, 3.8) is 0 Å². The van der Waals surface area contributed by atoms with E-state index in [1.165, 1.54) is 12.3 Å². The summed E-state index contributed by atoms with van der Waals surface area (Å²) in [4.78, 5) is 0.150. The Kier molecular flexibility index (Phi) is 3.59. The Morgan fingerprint density at radius 1 is 1.37 bits per heavy atom. The monoisotopic (exact) mass is 281 g/mol. The fourth-order valence-electron chi connectivity index (χ4n) is 1.59. The number of nitrogen functional groups attached to an aromatic ring is 1. The van der Waals surface area contributed by atoms with Gasteiger partial charge in [0.15, 0.2) is 0 Å². The van der Waals surface area contributed by atoms with Gasteiger partial charge in [-0.15, -0.1) is 0 Å². The topological polar surface area (TPSA) is 98.2 Å². The van der Waals surface area contributed by atoms with Gasteiger partial charge < -0.3 is 10.3 Å². The Bertz CT molecular complexity index is 655. The van der Waals surface area contributed by atoms with E-state index in [1.54, 1.807) is 12.1 Å². The molecule has 0 spiro atoms. The van der Waals surface area contributed by atoms with Crippen LogP contribution in [0.2, 0.25) is 0 Å². The highest BCUT2D eigenvalue weighted by atomic mass is 32.2. The summed E-state index contributed by atoms with van der Waals surface area (Å²) < 4.78 is 31.3. The summed E-state index contributed by atoms with van der Waals surface area (Å²) in [6.45, 7) is 3.75. The summed E-state index contributed by atoms with van der Waals surface area (Å²) in [7, 11) is -3.61. The van der Waals surface area contributed by atoms with Gasteiger partial charge in [-0.05, 0) is 37.1 Å². The predicted molar refractivity (Wildman–Crippen MR) is 70.9 cm³/mol. The van der Waals surface area contributed by atoms with Gasteiger partial charge in [-0.25, -0.2) is 13.1 Å². The number of aryl methyl sites for hydroxylation is 1. The number of anilines is 1. The van der Waals surface area contributed by atoms with Gasteiger partial charge in [-0.3, -0.25) is 0 Å². The second-order valence-electron chi connectivity index (χ2n) is 4.27. The van der Waals surface area contributed by atoms with Crippen molar-refractivity contribution in [3.8, 4) is 0 Å². The van der Waals surface area contributed by atoms with Crippen LogP contribution in [0.25, 0.3) is 0 Å². The largest absolute Gasteiger partial charge is 0.398 e. The van der Waals surface area contributed by atoms with E-state index in [4.69, 9.17) is 5.73 Å². The van der Waals surface area contributed by atoms with Crippen LogP contribution in [-0.4, -0.2) is 13.6 Å². The van der Waals surface area contributed by atoms with E-state index in [2.05, 4.69) is 14.4 Å². The van der Waals surface area contributed by atoms with Crippen LogP contribution in [0.4, 0.5) is 5.69 Å². The second kappa shape index (κ2) is 5.02. The molecule has 3 N–H and O–H groups in total. The van der Waals surface area contributed by atoms with Crippen LogP contribution in [-0.2, 0) is 16.6 Å². The molecule has 2 rings (SSSR count). The lowest BCUT2D eigenvalue weighted by molar-refractivity contribution is 0.411. The van der Waals surface area contributed by atoms with Crippen molar-refractivity contribution in [1.82, 2.24) is 9.88 Å². The number of nitrogens with zero attached hydrogens (tertiary/aromatic N) is 1. The van der Waals surface area contributed by atoms with E-state index in [1.807, 2.05) is 13.8 Å². The fraction of sp³-hybridized carbons (Fsp3) is 0.250. The van der Waals surface area contributed by atoms with E-state index in [0.29, 0.717) is 11.4 Å². The van der Waals surface area contributed by atoms with E-state index in [9.17, 15) is 8.42 Å². The van der Waals surface area contributed by atoms with Crippen LogP contribution in [0.15, 0.2) is 33.9 Å². The Balaban J connectivity index is 2.24. The minimum Gasteiger partial charge on any atom is -0.398 e. The van der Waals surface area contributed by atoms with Gasteiger partial charge in [0.2, 0.25) is 10.0 Å². The maximum atomic E-state index is 12.1. The van der Waals surface area contributed by atoms with Crippen LogP contribution in [0.1, 0.15) is 16.8 Å². The summed E-state index contributed by atoms with van der Waals surface area (Å²) >= 11 is 0. The molecule has 6 nitrogen and oxygen atoms in total. The fourth-order valence-corrected chi connectivity index (χ4v) is 2.71. The van der Waals surface area contributed by atoms with Crippen molar-refractivity contribution in [1.29, 1.82) is 0 Å². The van der Waals surface area contributed by atoms with Crippen LogP contribution < -0.4 is 10.5 Å². The van der Waals surface area contributed by atoms with Crippen LogP contribution in [0.3, 0.4) is 0 Å². The SMILES string of the molecule is Cc1cc(S(=O)(=O)NCc2ccon2)cc(N)c1C. The third kappa shape index (κ3) is 2.94. The first-order chi connectivity index (χ1) is 8.90. The normalized spacial score (nSPS) is 11.7. The van der Waals surface area contributed by atoms with Crippen LogP contribution in [0, 0.1) is 13.8 Å². The number of sulfonamides is 1. The minimum absolute atomic E-state index is 0.0751. The first-order valence-corrected chi connectivity index (χ1v) is 7.14. The summed E-state index contributed by atoms with van der Waals surface area (Å²) in [6.07, 6.45) is 1.39. The molecule has 1 aromatic heterocycles. The molecule has 0 radical (unpaired) electrons. The average molecular weight is 281 g/mol. The number of hydrogen-bond acceptors (Lipinski definition) is 5. The van der Waals surface area contributed by atoms with Crippen molar-refractivity contribution in [2.24, 2.45) is 0 Å². The van der Waals surface area contributed by atoms with Gasteiger partial charge in [0, 0.05) is 11.8 Å². The van der Waals surface area contributed by atoms with Crippen molar-refractivity contribution in [2.45, 2.75) is 25.3 Å². The van der Waals surface area contributed by atoms with Crippen molar-refractivity contribution < 1.29 is 12.9 Å². The molecule has 0 aliphatic heterocycles. The van der Waals surface area contributed by atoms with Crippen LogP contribution in [0.5, 0.6) is 0 Å². The lowest BCUT2D eigenvalue weighted by Gasteiger charge is -2.10. The Morgan fingerprint density at radius 3 is 2.68 bits per heavy atom. The van der Waals surface area contributed by atoms with E-state index >= 15 is 0 Å². The summed E-state index contributed by atoms with van der Waals surface area (Å²) in [5.41, 5.74) is 8.48. The molecule has 7 heteroatoms. The molecule has 0 bridgehead atoms. The van der Waals surface area contributed by atoms with E-state index in [-0.39, 0.29) is 11.4 Å².